The molecule has 3 aromatic rings. The molecule has 3 aromatic heterocycles. The van der Waals surface area contributed by atoms with Crippen molar-refractivity contribution < 1.29 is 9.84 Å². The van der Waals surface area contributed by atoms with Crippen molar-refractivity contribution >= 4 is 19.1 Å². The molecule has 0 aromatic carbocycles. The van der Waals surface area contributed by atoms with E-state index in [1.54, 1.807) is 6.33 Å². The zero-order valence-electron chi connectivity index (χ0n) is 19.0. The van der Waals surface area contributed by atoms with Crippen molar-refractivity contribution in [1.29, 1.82) is 0 Å². The minimum Gasteiger partial charge on any atom is -0.396 e. The fraction of sp³-hybridized carbons (Fsp3) is 0.609. The van der Waals surface area contributed by atoms with Crippen molar-refractivity contribution in [3.63, 3.8) is 0 Å². The molecule has 0 aliphatic heterocycles. The predicted octanol–water partition coefficient (Wildman–Crippen LogP) is 4.72. The first-order chi connectivity index (χ1) is 15.0. The van der Waals surface area contributed by atoms with Crippen molar-refractivity contribution in [2.24, 2.45) is 5.92 Å². The van der Waals surface area contributed by atoms with E-state index in [1.165, 1.54) is 25.7 Å². The van der Waals surface area contributed by atoms with Crippen molar-refractivity contribution in [3.05, 3.63) is 31.0 Å². The summed E-state index contributed by atoms with van der Waals surface area (Å²) in [5, 5.41) is 15.3. The highest BCUT2D eigenvalue weighted by atomic mass is 28.3. The second kappa shape index (κ2) is 9.63. The van der Waals surface area contributed by atoms with Crippen LogP contribution >= 0.6 is 0 Å². The summed E-state index contributed by atoms with van der Waals surface area (Å²) < 4.78 is 10.0. The van der Waals surface area contributed by atoms with Crippen LogP contribution in [-0.2, 0) is 11.5 Å². The number of fused-ring (bicyclic) bond motifs is 1. The third-order valence-corrected chi connectivity index (χ3v) is 8.07. The van der Waals surface area contributed by atoms with Crippen LogP contribution < -0.4 is 0 Å². The maximum Gasteiger partial charge on any atom is 0.145 e. The lowest BCUT2D eigenvalue weighted by atomic mass is 9.96. The molecule has 7 nitrogen and oxygen atoms in total. The van der Waals surface area contributed by atoms with E-state index in [0.29, 0.717) is 12.6 Å². The van der Waals surface area contributed by atoms with E-state index in [-0.39, 0.29) is 12.6 Å². The molecule has 1 aliphatic carbocycles. The largest absolute Gasteiger partial charge is 0.396 e. The molecule has 1 N–H and O–H groups in total. The van der Waals surface area contributed by atoms with Gasteiger partial charge in [-0.2, -0.15) is 5.10 Å². The SMILES string of the molecule is C[Si](C)(C)CCOCn1ccc2c(-c3cnn([C@H](CCO)C4CCCC4)c3)ncnc21. The Labute approximate surface area is 185 Å². The first-order valence-electron chi connectivity index (χ1n) is 11.5. The molecule has 1 fully saturated rings. The smallest absolute Gasteiger partial charge is 0.145 e. The molecule has 0 amide bonds. The minimum atomic E-state index is -1.09. The summed E-state index contributed by atoms with van der Waals surface area (Å²) in [6.07, 6.45) is 13.4. The van der Waals surface area contributed by atoms with E-state index in [2.05, 4.69) is 47.0 Å². The number of aliphatic hydroxyl groups excluding tert-OH is 1. The molecular formula is C23H35N5O2Si. The van der Waals surface area contributed by atoms with Crippen LogP contribution in [0, 0.1) is 5.92 Å². The maximum atomic E-state index is 9.59. The molecule has 0 bridgehead atoms. The fourth-order valence-corrected chi connectivity index (χ4v) is 5.34. The number of rotatable bonds is 10. The van der Waals surface area contributed by atoms with Crippen LogP contribution in [0.1, 0.15) is 38.1 Å². The molecule has 0 spiro atoms. The van der Waals surface area contributed by atoms with Gasteiger partial charge in [0.05, 0.1) is 17.9 Å². The Morgan fingerprint density at radius 3 is 2.77 bits per heavy atom. The lowest BCUT2D eigenvalue weighted by molar-refractivity contribution is 0.0899. The Kier molecular flexibility index (Phi) is 6.88. The van der Waals surface area contributed by atoms with Crippen LogP contribution in [0.2, 0.25) is 25.7 Å². The van der Waals surface area contributed by atoms with Gasteiger partial charge in [-0.25, -0.2) is 9.97 Å². The van der Waals surface area contributed by atoms with Gasteiger partial charge in [-0.1, -0.05) is 32.5 Å². The summed E-state index contributed by atoms with van der Waals surface area (Å²) in [5.41, 5.74) is 2.77. The summed E-state index contributed by atoms with van der Waals surface area (Å²) >= 11 is 0. The van der Waals surface area contributed by atoms with Gasteiger partial charge in [0.2, 0.25) is 0 Å². The molecule has 0 radical (unpaired) electrons. The van der Waals surface area contributed by atoms with Gasteiger partial charge in [-0.05, 0) is 37.3 Å². The monoisotopic (exact) mass is 441 g/mol. The third kappa shape index (κ3) is 5.24. The van der Waals surface area contributed by atoms with Crippen LogP contribution in [0.15, 0.2) is 31.0 Å². The van der Waals surface area contributed by atoms with E-state index in [1.807, 2.05) is 21.6 Å². The Morgan fingerprint density at radius 2 is 2.03 bits per heavy atom. The average molecular weight is 442 g/mol. The van der Waals surface area contributed by atoms with Gasteiger partial charge in [0.15, 0.2) is 0 Å². The van der Waals surface area contributed by atoms with Crippen LogP contribution in [-0.4, -0.2) is 50.7 Å². The first kappa shape index (κ1) is 22.2. The quantitative estimate of drug-likeness (QED) is 0.364. The Morgan fingerprint density at radius 1 is 1.23 bits per heavy atom. The normalized spacial score (nSPS) is 16.4. The molecule has 4 rings (SSSR count). The highest BCUT2D eigenvalue weighted by Crippen LogP contribution is 2.36. The molecular weight excluding hydrogens is 406 g/mol. The third-order valence-electron chi connectivity index (χ3n) is 6.37. The Hall–Kier alpha value is -2.03. The standard InChI is InChI=1S/C23H35N5O2Si/c1-31(2,3)13-12-30-17-27-10-8-20-22(24-16-25-23(20)27)19-14-26-28(15-19)21(9-11-29)18-6-4-5-7-18/h8,10,14-16,18,21,29H,4-7,9,11-13,17H2,1-3H3/t21-/m1/s1. The van der Waals surface area contributed by atoms with Crippen molar-refractivity contribution in [3.8, 4) is 11.3 Å². The molecule has 1 atom stereocenters. The summed E-state index contributed by atoms with van der Waals surface area (Å²) in [6, 6.07) is 3.47. The summed E-state index contributed by atoms with van der Waals surface area (Å²) in [4.78, 5) is 9.08. The topological polar surface area (TPSA) is 78.0 Å². The second-order valence-corrected chi connectivity index (χ2v) is 15.5. The summed E-state index contributed by atoms with van der Waals surface area (Å²) in [5.74, 6) is 0.597. The van der Waals surface area contributed by atoms with Gasteiger partial charge in [0, 0.05) is 44.6 Å². The first-order valence-corrected chi connectivity index (χ1v) is 15.2. The zero-order chi connectivity index (χ0) is 21.8. The fourth-order valence-electron chi connectivity index (χ4n) is 4.58. The summed E-state index contributed by atoms with van der Waals surface area (Å²) in [6.45, 7) is 8.56. The predicted molar refractivity (Wildman–Crippen MR) is 126 cm³/mol. The van der Waals surface area contributed by atoms with E-state index in [0.717, 1.165) is 41.4 Å². The molecule has 0 unspecified atom stereocenters. The molecule has 8 heteroatoms. The van der Waals surface area contributed by atoms with Gasteiger partial charge in [-0.3, -0.25) is 4.68 Å². The Bertz CT molecular complexity index is 987. The molecule has 31 heavy (non-hydrogen) atoms. The van der Waals surface area contributed by atoms with E-state index in [9.17, 15) is 5.11 Å². The molecule has 168 valence electrons. The van der Waals surface area contributed by atoms with Crippen LogP contribution in [0.25, 0.3) is 22.3 Å². The van der Waals surface area contributed by atoms with E-state index >= 15 is 0 Å². The highest BCUT2D eigenvalue weighted by Gasteiger charge is 2.27. The minimum absolute atomic E-state index is 0.189. The highest BCUT2D eigenvalue weighted by molar-refractivity contribution is 6.76. The number of hydrogen-bond acceptors (Lipinski definition) is 5. The Balaban J connectivity index is 1.53. The van der Waals surface area contributed by atoms with Crippen molar-refractivity contribution in [1.82, 2.24) is 24.3 Å². The van der Waals surface area contributed by atoms with E-state index < -0.39 is 8.07 Å². The summed E-state index contributed by atoms with van der Waals surface area (Å²) in [7, 11) is -1.09. The number of ether oxygens (including phenoxy) is 1. The lowest BCUT2D eigenvalue weighted by Gasteiger charge is -2.23. The number of hydrogen-bond donors (Lipinski definition) is 1. The van der Waals surface area contributed by atoms with E-state index in [4.69, 9.17) is 4.74 Å². The van der Waals surface area contributed by atoms with Crippen LogP contribution in [0.3, 0.4) is 0 Å². The van der Waals surface area contributed by atoms with Crippen LogP contribution in [0.4, 0.5) is 0 Å². The average Bonchev–Trinajstić information content (AvgIpc) is 3.50. The molecule has 1 aliphatic rings. The number of nitrogens with zero attached hydrogens (tertiary/aromatic N) is 5. The van der Waals surface area contributed by atoms with Gasteiger partial charge in [0.25, 0.3) is 0 Å². The van der Waals surface area contributed by atoms with Crippen molar-refractivity contribution in [2.45, 2.75) is 70.6 Å². The van der Waals surface area contributed by atoms with Gasteiger partial charge >= 0.3 is 0 Å². The molecule has 1 saturated carbocycles. The maximum absolute atomic E-state index is 9.59. The van der Waals surface area contributed by atoms with Crippen molar-refractivity contribution in [2.75, 3.05) is 13.2 Å². The molecule has 0 saturated heterocycles. The number of aromatic nitrogens is 5. The number of aliphatic hydroxyl groups is 1. The van der Waals surface area contributed by atoms with Gasteiger partial charge in [0.1, 0.15) is 18.7 Å². The van der Waals surface area contributed by atoms with Crippen LogP contribution in [0.5, 0.6) is 0 Å². The second-order valence-electron chi connectivity index (χ2n) is 9.93. The van der Waals surface area contributed by atoms with Gasteiger partial charge < -0.3 is 14.4 Å². The zero-order valence-corrected chi connectivity index (χ0v) is 20.0. The molecule has 3 heterocycles. The van der Waals surface area contributed by atoms with Gasteiger partial charge in [-0.15, -0.1) is 0 Å². The lowest BCUT2D eigenvalue weighted by Crippen LogP contribution is -2.22.